The standard InChI is InChI=1S/C14H31N3O/c1-10(15)13(14(2,3)4)17-9-12(18)7-11(17)8-16(5)6/h10-13,18H,7-9,15H2,1-6H3. The number of aliphatic hydroxyl groups is 1. The van der Waals surface area contributed by atoms with E-state index in [0.717, 1.165) is 19.5 Å². The maximum Gasteiger partial charge on any atom is 0.0682 e. The van der Waals surface area contributed by atoms with E-state index >= 15 is 0 Å². The topological polar surface area (TPSA) is 52.7 Å². The molecule has 1 heterocycles. The Morgan fingerprint density at radius 1 is 1.39 bits per heavy atom. The quantitative estimate of drug-likeness (QED) is 0.780. The molecule has 0 aromatic heterocycles. The fraction of sp³-hybridized carbons (Fsp3) is 1.00. The van der Waals surface area contributed by atoms with Crippen molar-refractivity contribution < 1.29 is 5.11 Å². The molecule has 4 unspecified atom stereocenters. The number of likely N-dealkylation sites (tertiary alicyclic amines) is 1. The van der Waals surface area contributed by atoms with Crippen molar-refractivity contribution >= 4 is 0 Å². The monoisotopic (exact) mass is 257 g/mol. The smallest absolute Gasteiger partial charge is 0.0682 e. The van der Waals surface area contributed by atoms with Crippen LogP contribution in [0.25, 0.3) is 0 Å². The lowest BCUT2D eigenvalue weighted by Gasteiger charge is -2.44. The van der Waals surface area contributed by atoms with Crippen LogP contribution < -0.4 is 5.73 Å². The summed E-state index contributed by atoms with van der Waals surface area (Å²) in [5.74, 6) is 0. The Morgan fingerprint density at radius 3 is 2.33 bits per heavy atom. The molecule has 1 aliphatic heterocycles. The minimum atomic E-state index is -0.210. The van der Waals surface area contributed by atoms with Crippen LogP contribution in [0.4, 0.5) is 0 Å². The predicted molar refractivity (Wildman–Crippen MR) is 76.6 cm³/mol. The SMILES string of the molecule is CC(N)C(N1CC(O)CC1CN(C)C)C(C)(C)C. The molecule has 0 aromatic carbocycles. The minimum absolute atomic E-state index is 0.111. The molecule has 1 saturated heterocycles. The summed E-state index contributed by atoms with van der Waals surface area (Å²) in [6.45, 7) is 10.5. The van der Waals surface area contributed by atoms with Gasteiger partial charge in [-0.3, -0.25) is 4.90 Å². The van der Waals surface area contributed by atoms with E-state index in [9.17, 15) is 5.11 Å². The first-order valence-corrected chi connectivity index (χ1v) is 6.97. The van der Waals surface area contributed by atoms with E-state index in [1.54, 1.807) is 0 Å². The minimum Gasteiger partial charge on any atom is -0.392 e. The highest BCUT2D eigenvalue weighted by atomic mass is 16.3. The van der Waals surface area contributed by atoms with Crippen molar-refractivity contribution in [3.8, 4) is 0 Å². The van der Waals surface area contributed by atoms with Crippen molar-refractivity contribution in [2.75, 3.05) is 27.2 Å². The summed E-state index contributed by atoms with van der Waals surface area (Å²) in [6, 6.07) is 0.824. The average Bonchev–Trinajstić information content (AvgIpc) is 2.42. The van der Waals surface area contributed by atoms with E-state index in [2.05, 4.69) is 51.6 Å². The van der Waals surface area contributed by atoms with Crippen LogP contribution in [0.15, 0.2) is 0 Å². The molecule has 1 aliphatic rings. The molecule has 18 heavy (non-hydrogen) atoms. The van der Waals surface area contributed by atoms with E-state index in [4.69, 9.17) is 5.73 Å². The van der Waals surface area contributed by atoms with Crippen molar-refractivity contribution in [3.63, 3.8) is 0 Å². The highest BCUT2D eigenvalue weighted by Gasteiger charge is 2.41. The lowest BCUT2D eigenvalue weighted by Crippen LogP contribution is -2.56. The Labute approximate surface area is 112 Å². The molecule has 0 saturated carbocycles. The summed E-state index contributed by atoms with van der Waals surface area (Å²) in [6.07, 6.45) is 0.649. The van der Waals surface area contributed by atoms with Gasteiger partial charge in [0.05, 0.1) is 6.10 Å². The fourth-order valence-electron chi connectivity index (χ4n) is 3.45. The van der Waals surface area contributed by atoms with Gasteiger partial charge < -0.3 is 15.7 Å². The number of likely N-dealkylation sites (N-methyl/N-ethyl adjacent to an activating group) is 1. The predicted octanol–water partition coefficient (Wildman–Crippen LogP) is 0.745. The first kappa shape index (κ1) is 15.9. The zero-order chi connectivity index (χ0) is 14.1. The Hall–Kier alpha value is -0.160. The molecule has 4 nitrogen and oxygen atoms in total. The van der Waals surface area contributed by atoms with Gasteiger partial charge in [-0.1, -0.05) is 20.8 Å². The van der Waals surface area contributed by atoms with E-state index in [1.807, 2.05) is 0 Å². The molecule has 0 amide bonds. The Balaban J connectivity index is 2.88. The number of nitrogens with two attached hydrogens (primary N) is 1. The molecule has 0 bridgehead atoms. The molecule has 0 aromatic rings. The van der Waals surface area contributed by atoms with E-state index in [0.29, 0.717) is 12.1 Å². The Kier molecular flexibility index (Phi) is 5.18. The van der Waals surface area contributed by atoms with Gasteiger partial charge in [0.15, 0.2) is 0 Å². The van der Waals surface area contributed by atoms with Gasteiger partial charge in [-0.2, -0.15) is 0 Å². The van der Waals surface area contributed by atoms with E-state index in [1.165, 1.54) is 0 Å². The first-order valence-electron chi connectivity index (χ1n) is 6.97. The van der Waals surface area contributed by atoms with Gasteiger partial charge in [0, 0.05) is 31.2 Å². The molecule has 108 valence electrons. The third-order valence-corrected chi connectivity index (χ3v) is 3.75. The second-order valence-electron chi connectivity index (χ2n) is 7.17. The van der Waals surface area contributed by atoms with Gasteiger partial charge in [0.1, 0.15) is 0 Å². The van der Waals surface area contributed by atoms with Crippen molar-refractivity contribution in [3.05, 3.63) is 0 Å². The van der Waals surface area contributed by atoms with Crippen LogP contribution in [0.1, 0.15) is 34.1 Å². The molecule has 1 rings (SSSR count). The summed E-state index contributed by atoms with van der Waals surface area (Å²) < 4.78 is 0. The van der Waals surface area contributed by atoms with E-state index < -0.39 is 0 Å². The Morgan fingerprint density at radius 2 is 1.94 bits per heavy atom. The van der Waals surface area contributed by atoms with Crippen LogP contribution in [-0.4, -0.2) is 66.3 Å². The van der Waals surface area contributed by atoms with Gasteiger partial charge in [-0.25, -0.2) is 0 Å². The molecule has 0 aliphatic carbocycles. The lowest BCUT2D eigenvalue weighted by atomic mass is 9.81. The summed E-state index contributed by atoms with van der Waals surface area (Å²) in [7, 11) is 4.17. The van der Waals surface area contributed by atoms with Crippen molar-refractivity contribution in [1.29, 1.82) is 0 Å². The van der Waals surface area contributed by atoms with Crippen LogP contribution in [0, 0.1) is 5.41 Å². The molecule has 4 heteroatoms. The van der Waals surface area contributed by atoms with Gasteiger partial charge >= 0.3 is 0 Å². The highest BCUT2D eigenvalue weighted by molar-refractivity contribution is 4.97. The van der Waals surface area contributed by atoms with Crippen molar-refractivity contribution in [1.82, 2.24) is 9.80 Å². The zero-order valence-corrected chi connectivity index (χ0v) is 12.8. The number of hydrogen-bond acceptors (Lipinski definition) is 4. The van der Waals surface area contributed by atoms with Gasteiger partial charge in [0.25, 0.3) is 0 Å². The van der Waals surface area contributed by atoms with Crippen molar-refractivity contribution in [2.45, 2.75) is 58.3 Å². The number of aliphatic hydroxyl groups excluding tert-OH is 1. The molecule has 4 atom stereocenters. The van der Waals surface area contributed by atoms with Gasteiger partial charge in [-0.05, 0) is 32.9 Å². The molecule has 3 N–H and O–H groups in total. The maximum absolute atomic E-state index is 9.98. The number of hydrogen-bond donors (Lipinski definition) is 2. The summed E-state index contributed by atoms with van der Waals surface area (Å²) in [4.78, 5) is 4.62. The van der Waals surface area contributed by atoms with E-state index in [-0.39, 0.29) is 17.6 Å². The van der Waals surface area contributed by atoms with Crippen LogP contribution >= 0.6 is 0 Å². The fourth-order valence-corrected chi connectivity index (χ4v) is 3.45. The second-order valence-corrected chi connectivity index (χ2v) is 7.17. The van der Waals surface area contributed by atoms with Crippen LogP contribution in [0.2, 0.25) is 0 Å². The zero-order valence-electron chi connectivity index (χ0n) is 12.8. The molecule has 1 fully saturated rings. The third kappa shape index (κ3) is 3.92. The largest absolute Gasteiger partial charge is 0.392 e. The highest BCUT2D eigenvalue weighted by Crippen LogP contribution is 2.32. The molecule has 0 radical (unpaired) electrons. The lowest BCUT2D eigenvalue weighted by molar-refractivity contribution is 0.0545. The third-order valence-electron chi connectivity index (χ3n) is 3.75. The number of nitrogens with zero attached hydrogens (tertiary/aromatic N) is 2. The average molecular weight is 257 g/mol. The Bertz CT molecular complexity index is 260. The summed E-state index contributed by atoms with van der Waals surface area (Å²) in [5.41, 5.74) is 6.33. The number of rotatable bonds is 4. The van der Waals surface area contributed by atoms with Crippen LogP contribution in [0.5, 0.6) is 0 Å². The molecular weight excluding hydrogens is 226 g/mol. The second kappa shape index (κ2) is 5.87. The van der Waals surface area contributed by atoms with Crippen LogP contribution in [-0.2, 0) is 0 Å². The van der Waals surface area contributed by atoms with Gasteiger partial charge in [0.2, 0.25) is 0 Å². The summed E-state index contributed by atoms with van der Waals surface area (Å²) in [5, 5.41) is 9.98. The van der Waals surface area contributed by atoms with Crippen molar-refractivity contribution in [2.24, 2.45) is 11.1 Å². The molecular formula is C14H31N3O. The summed E-state index contributed by atoms with van der Waals surface area (Å²) >= 11 is 0. The number of β-amino-alcohol motifs (C(OH)–C–C–N with tert-alkyl or cyclic N) is 1. The van der Waals surface area contributed by atoms with Gasteiger partial charge in [-0.15, -0.1) is 0 Å². The van der Waals surface area contributed by atoms with Crippen LogP contribution in [0.3, 0.4) is 0 Å². The first-order chi connectivity index (χ1) is 8.12. The molecule has 0 spiro atoms. The maximum atomic E-state index is 9.98. The normalized spacial score (nSPS) is 29.8.